The number of hydrogen-bond donors (Lipinski definition) is 3. The summed E-state index contributed by atoms with van der Waals surface area (Å²) in [6, 6.07) is 0. The van der Waals surface area contributed by atoms with E-state index in [1.54, 1.807) is 0 Å². The van der Waals surface area contributed by atoms with Crippen LogP contribution in [0.15, 0.2) is 0 Å². The molecule has 0 aromatic rings. The first-order chi connectivity index (χ1) is 8.80. The van der Waals surface area contributed by atoms with Gasteiger partial charge in [-0.15, -0.1) is 8.58 Å². The van der Waals surface area contributed by atoms with Crippen LogP contribution in [0.3, 0.4) is 0 Å². The van der Waals surface area contributed by atoms with E-state index < -0.39 is 7.82 Å². The van der Waals surface area contributed by atoms with Crippen molar-refractivity contribution in [1.29, 1.82) is 0 Å². The molecule has 2 saturated heterocycles. The lowest BCUT2D eigenvalue weighted by Crippen LogP contribution is -2.12. The topological polar surface area (TPSA) is 96.2 Å². The van der Waals surface area contributed by atoms with Gasteiger partial charge < -0.3 is 14.7 Å². The third-order valence-electron chi connectivity index (χ3n) is 2.62. The van der Waals surface area contributed by atoms with Crippen LogP contribution in [0.1, 0.15) is 32.6 Å². The molecule has 0 amide bonds. The lowest BCUT2D eigenvalue weighted by molar-refractivity contribution is -0.209. The number of rotatable bonds is 0. The van der Waals surface area contributed by atoms with Gasteiger partial charge in [0.25, 0.3) is 0 Å². The molecule has 2 rings (SSSR count). The van der Waals surface area contributed by atoms with Crippen LogP contribution in [0.2, 0.25) is 0 Å². The molecule has 2 aliphatic heterocycles. The molecule has 2 atom stereocenters. The molecule has 3 N–H and O–H groups in total. The Balaban J connectivity index is 0.000000265. The van der Waals surface area contributed by atoms with E-state index in [0.29, 0.717) is 0 Å². The lowest BCUT2D eigenvalue weighted by atomic mass is 10.3. The van der Waals surface area contributed by atoms with Crippen molar-refractivity contribution in [3.05, 3.63) is 0 Å². The molecule has 2 unspecified atom stereocenters. The van der Waals surface area contributed by atoms with Gasteiger partial charge in [0.2, 0.25) is 0 Å². The summed E-state index contributed by atoms with van der Waals surface area (Å²) in [6.45, 7) is 5.07. The predicted molar refractivity (Wildman–Crippen MR) is 80.1 cm³/mol. The molecular weight excluding hydrogens is 309 g/mol. The Bertz CT molecular complexity index is 226. The Kier molecular flexibility index (Phi) is 12.1. The van der Waals surface area contributed by atoms with Crippen molar-refractivity contribution in [2.75, 3.05) is 25.6 Å². The molecule has 0 aromatic carbocycles. The van der Waals surface area contributed by atoms with Crippen molar-refractivity contribution in [2.24, 2.45) is 0 Å². The Morgan fingerprint density at radius 3 is 1.95 bits per heavy atom. The molecule has 2 aliphatic rings. The molecule has 0 aromatic heterocycles. The minimum atomic E-state index is -4.64. The zero-order chi connectivity index (χ0) is 14.7. The standard InChI is InChI=1S/C5H11O2P.C5H11P.H3O4P/c1-5-3-4-6-7-8(5)2;1-2-4-6-5-3-1;1-5(2,3)4/h5H,3-4H2,1-2H3;6H,1-5H2;(H3,1,2,3,4). The van der Waals surface area contributed by atoms with Crippen LogP contribution >= 0.6 is 24.6 Å². The second-order valence-corrected chi connectivity index (χ2v) is 9.05. The van der Waals surface area contributed by atoms with Crippen LogP contribution in [-0.2, 0) is 14.1 Å². The van der Waals surface area contributed by atoms with Gasteiger partial charge in [0.15, 0.2) is 0 Å². The van der Waals surface area contributed by atoms with Crippen LogP contribution in [0.5, 0.6) is 0 Å². The minimum Gasteiger partial charge on any atom is -0.303 e. The van der Waals surface area contributed by atoms with Crippen molar-refractivity contribution in [3.63, 3.8) is 0 Å². The zero-order valence-electron chi connectivity index (χ0n) is 11.5. The second-order valence-electron chi connectivity index (χ2n) is 4.40. The van der Waals surface area contributed by atoms with Gasteiger partial charge >= 0.3 is 7.82 Å². The summed E-state index contributed by atoms with van der Waals surface area (Å²) in [7, 11) is -3.61. The fraction of sp³-hybridized carbons (Fsp3) is 1.00. The molecule has 0 radical (unpaired) electrons. The summed E-state index contributed by atoms with van der Waals surface area (Å²) >= 11 is 0. The number of phosphoric acid groups is 1. The van der Waals surface area contributed by atoms with Crippen LogP contribution in [0.25, 0.3) is 0 Å². The van der Waals surface area contributed by atoms with Gasteiger partial charge in [0.1, 0.15) is 0 Å². The van der Waals surface area contributed by atoms with Gasteiger partial charge in [-0.05, 0) is 38.3 Å². The minimum absolute atomic E-state index is 0.275. The van der Waals surface area contributed by atoms with Gasteiger partial charge in [-0.1, -0.05) is 13.3 Å². The molecule has 9 heteroatoms. The summed E-state index contributed by atoms with van der Waals surface area (Å²) in [5, 5.41) is 0. The summed E-state index contributed by atoms with van der Waals surface area (Å²) in [4.78, 5) is 26.3. The maximum absolute atomic E-state index is 8.88. The Morgan fingerprint density at radius 2 is 1.74 bits per heavy atom. The molecule has 0 saturated carbocycles. The van der Waals surface area contributed by atoms with E-state index in [0.717, 1.165) is 18.7 Å². The molecule has 2 fully saturated rings. The van der Waals surface area contributed by atoms with Gasteiger partial charge in [-0.25, -0.2) is 14.1 Å². The SMILES string of the molecule is C1CCPCC1.CC1CCOOP1C.O=P(O)(O)O. The highest BCUT2D eigenvalue weighted by atomic mass is 31.2. The Labute approximate surface area is 118 Å². The molecular formula is C10H25O6P3. The molecule has 0 bridgehead atoms. The maximum atomic E-state index is 8.88. The average Bonchev–Trinajstić information content (AvgIpc) is 2.34. The predicted octanol–water partition coefficient (Wildman–Crippen LogP) is 2.67. The van der Waals surface area contributed by atoms with E-state index in [4.69, 9.17) is 28.8 Å². The summed E-state index contributed by atoms with van der Waals surface area (Å²) < 4.78 is 13.8. The Morgan fingerprint density at radius 1 is 1.21 bits per heavy atom. The molecule has 116 valence electrons. The normalized spacial score (nSPS) is 27.4. The molecule has 19 heavy (non-hydrogen) atoms. The first-order valence-corrected chi connectivity index (χ1v) is 11.1. The highest BCUT2D eigenvalue weighted by Crippen LogP contribution is 2.42. The third kappa shape index (κ3) is 16.8. The smallest absolute Gasteiger partial charge is 0.303 e. The van der Waals surface area contributed by atoms with Crippen LogP contribution in [-0.4, -0.2) is 45.9 Å². The first-order valence-electron chi connectivity index (χ1n) is 6.32. The van der Waals surface area contributed by atoms with E-state index in [1.165, 1.54) is 40.2 Å². The van der Waals surface area contributed by atoms with E-state index >= 15 is 0 Å². The quantitative estimate of drug-likeness (QED) is 0.466. The molecule has 6 nitrogen and oxygen atoms in total. The largest absolute Gasteiger partial charge is 0.466 e. The van der Waals surface area contributed by atoms with Gasteiger partial charge in [-0.3, -0.25) is 0 Å². The molecule has 0 spiro atoms. The average molecular weight is 334 g/mol. The van der Waals surface area contributed by atoms with E-state index in [-0.39, 0.29) is 8.15 Å². The highest BCUT2D eigenvalue weighted by Gasteiger charge is 2.18. The van der Waals surface area contributed by atoms with Crippen LogP contribution in [0, 0.1) is 0 Å². The summed E-state index contributed by atoms with van der Waals surface area (Å²) in [5.41, 5.74) is 0.721. The lowest BCUT2D eigenvalue weighted by Gasteiger charge is -2.23. The van der Waals surface area contributed by atoms with Crippen molar-refractivity contribution in [1.82, 2.24) is 0 Å². The van der Waals surface area contributed by atoms with Crippen molar-refractivity contribution < 1.29 is 28.8 Å². The monoisotopic (exact) mass is 334 g/mol. The van der Waals surface area contributed by atoms with Gasteiger partial charge in [0, 0.05) is 5.66 Å². The van der Waals surface area contributed by atoms with Crippen molar-refractivity contribution in [3.8, 4) is 0 Å². The van der Waals surface area contributed by atoms with Gasteiger partial charge in [0.05, 0.1) is 14.8 Å². The van der Waals surface area contributed by atoms with E-state index in [1.807, 2.05) is 0 Å². The molecule has 0 aliphatic carbocycles. The second kappa shape index (κ2) is 11.5. The highest BCUT2D eigenvalue weighted by molar-refractivity contribution is 7.52. The van der Waals surface area contributed by atoms with E-state index in [9.17, 15) is 0 Å². The van der Waals surface area contributed by atoms with Crippen molar-refractivity contribution >= 4 is 24.6 Å². The van der Waals surface area contributed by atoms with Crippen LogP contribution in [0.4, 0.5) is 0 Å². The van der Waals surface area contributed by atoms with Crippen molar-refractivity contribution in [2.45, 2.75) is 38.3 Å². The third-order valence-corrected chi connectivity index (χ3v) is 5.87. The van der Waals surface area contributed by atoms with Gasteiger partial charge in [-0.2, -0.15) is 0 Å². The van der Waals surface area contributed by atoms with Crippen LogP contribution < -0.4 is 0 Å². The number of hydrogen-bond acceptors (Lipinski definition) is 3. The van der Waals surface area contributed by atoms with E-state index in [2.05, 4.69) is 13.6 Å². The zero-order valence-corrected chi connectivity index (χ0v) is 14.3. The fourth-order valence-corrected chi connectivity index (χ4v) is 3.50. The summed E-state index contributed by atoms with van der Waals surface area (Å²) in [5.74, 6) is 0. The fourth-order valence-electron chi connectivity index (χ4n) is 1.40. The molecule has 2 heterocycles. The Hall–Kier alpha value is 0.890. The summed E-state index contributed by atoms with van der Waals surface area (Å²) in [6.07, 6.45) is 8.74. The first kappa shape index (κ1) is 19.9. The maximum Gasteiger partial charge on any atom is 0.466 e.